The minimum atomic E-state index is -2.01. The molecule has 3 heterocycles. The number of hydrogen-bond acceptors (Lipinski definition) is 20. The molecule has 7 rings (SSSR count). The Hall–Kier alpha value is -11.3. The van der Waals surface area contributed by atoms with E-state index in [0.717, 1.165) is 32.5 Å². The van der Waals surface area contributed by atoms with Crippen molar-refractivity contribution in [3.63, 3.8) is 0 Å². The molecule has 0 spiro atoms. The standard InChI is InChI=1S/C70H93N19O17S2/c1-36-59(96)85-49(29-39-27-37-13-2-7-19-45(37)80-39)63(100)83-48(22-11-25-77-69(74)75)61(98)82-46(58(71)95)20-8-9-21-47(84-66(103)52(34-107)81-56(92)31-78-70(105)106-33-44-42-17-5-3-15-40(42)41-16-4-6-18-43(41)44)62(99)87-51(32-90)64(101)86-50(30-57(93)94)67(104)89-26-12-23-54(89)55(91)28-38(14-10-24-76-68(72)73)60(97)88-53(35-108)65(102)79-36/h2-9,13,15-19,27,36,38,44,46-54,80,90,107-108H,10-12,14,20-26,28-35H2,1H3,(H2,71,95)(H,78,105)(H,79,102)(H,81,92)(H,82,98)(H,83,100)(H,84,103)(H,85,96)(H,86,101)(H,87,99)(H,88,97)(H,93,94)(H4,72,73,76)(H4,74,75,77)/t36-,38+,46-,47-,48-,49-,50-,51-,52-,53-,54?/m0/s1. The van der Waals surface area contributed by atoms with Crippen LogP contribution in [0.25, 0.3) is 22.0 Å². The Kier molecular flexibility index (Phi) is 31.9. The van der Waals surface area contributed by atoms with Crippen LogP contribution in [0.4, 0.5) is 4.79 Å². The number of ketones is 1. The van der Waals surface area contributed by atoms with Gasteiger partial charge in [-0.25, -0.2) is 4.79 Å². The number of carbonyl (C=O) groups is 14. The summed E-state index contributed by atoms with van der Waals surface area (Å²) < 4.78 is 5.54. The lowest BCUT2D eigenvalue weighted by atomic mass is 9.92. The van der Waals surface area contributed by atoms with Gasteiger partial charge in [0, 0.05) is 67.0 Å². The third kappa shape index (κ3) is 24.4. The van der Waals surface area contributed by atoms with Crippen LogP contribution in [0.5, 0.6) is 0 Å². The third-order valence-corrected chi connectivity index (χ3v) is 18.9. The number of thiol groups is 2. The second kappa shape index (κ2) is 41.0. The average Bonchev–Trinajstić information content (AvgIpc) is 1.61. The largest absolute Gasteiger partial charge is 0.481 e. The quantitative estimate of drug-likeness (QED) is 0.0115. The number of H-pyrrole nitrogens is 1. The van der Waals surface area contributed by atoms with Crippen LogP contribution in [0.3, 0.4) is 0 Å². The first kappa shape index (κ1) is 84.0. The van der Waals surface area contributed by atoms with E-state index in [0.29, 0.717) is 11.2 Å². The Bertz CT molecular complexity index is 3950. The number of benzene rings is 3. The van der Waals surface area contributed by atoms with Crippen LogP contribution in [0.15, 0.2) is 91.0 Å². The number of aliphatic hydroxyl groups excluding tert-OH is 1. The summed E-state index contributed by atoms with van der Waals surface area (Å²) >= 11 is 8.54. The predicted molar refractivity (Wildman–Crippen MR) is 399 cm³/mol. The average molecular weight is 1540 g/mol. The van der Waals surface area contributed by atoms with Gasteiger partial charge in [-0.15, -0.1) is 0 Å². The first-order valence-corrected chi connectivity index (χ1v) is 36.2. The van der Waals surface area contributed by atoms with Crippen molar-refractivity contribution in [1.29, 1.82) is 10.8 Å². The van der Waals surface area contributed by atoms with Gasteiger partial charge in [0.15, 0.2) is 17.7 Å². The van der Waals surface area contributed by atoms with Crippen molar-refractivity contribution >= 4 is 131 Å². The number of carboxylic acid groups (broad SMARTS) is 1. The first-order chi connectivity index (χ1) is 51.6. The van der Waals surface area contributed by atoms with Crippen molar-refractivity contribution in [3.8, 4) is 11.1 Å². The van der Waals surface area contributed by atoms with E-state index >= 15 is 0 Å². The van der Waals surface area contributed by atoms with Crippen LogP contribution in [-0.4, -0.2) is 226 Å². The molecule has 3 aromatic carbocycles. The zero-order valence-corrected chi connectivity index (χ0v) is 60.9. The topological polar surface area (TPSA) is 578 Å². The summed E-state index contributed by atoms with van der Waals surface area (Å²) in [5.41, 5.74) is 21.8. The molecule has 11 atom stereocenters. The fourth-order valence-electron chi connectivity index (χ4n) is 12.6. The van der Waals surface area contributed by atoms with Gasteiger partial charge in [-0.1, -0.05) is 78.9 Å². The number of nitrogens with zero attached hydrogens (tertiary/aromatic N) is 1. The van der Waals surface area contributed by atoms with Crippen LogP contribution in [0, 0.1) is 16.7 Å². The number of aliphatic hydroxyl groups is 1. The van der Waals surface area contributed by atoms with Crippen LogP contribution in [0.1, 0.15) is 93.9 Å². The van der Waals surface area contributed by atoms with E-state index < -0.39 is 206 Å². The molecule has 4 aromatic rings. The van der Waals surface area contributed by atoms with Gasteiger partial charge in [0.2, 0.25) is 65.0 Å². The molecule has 3 aliphatic rings. The van der Waals surface area contributed by atoms with E-state index in [1.54, 1.807) is 30.3 Å². The number of rotatable bonds is 23. The summed E-state index contributed by atoms with van der Waals surface area (Å²) in [4.78, 5) is 200. The number of alkyl carbamates (subject to hydrolysis) is 1. The van der Waals surface area contributed by atoms with Gasteiger partial charge >= 0.3 is 12.1 Å². The number of primary amides is 1. The minimum absolute atomic E-state index is 0.00953. The maximum absolute atomic E-state index is 14.7. The number of aliphatic carboxylic acids is 1. The van der Waals surface area contributed by atoms with Crippen LogP contribution in [-0.2, 0) is 73.5 Å². The molecule has 0 saturated carbocycles. The zero-order chi connectivity index (χ0) is 78.7. The highest BCUT2D eigenvalue weighted by Crippen LogP contribution is 2.44. The van der Waals surface area contributed by atoms with E-state index in [2.05, 4.69) is 94.0 Å². The third-order valence-electron chi connectivity index (χ3n) is 18.2. The van der Waals surface area contributed by atoms with Crippen molar-refractivity contribution in [2.24, 2.45) is 23.1 Å². The minimum Gasteiger partial charge on any atom is -0.481 e. The maximum Gasteiger partial charge on any atom is 0.407 e. The normalized spacial score (nSPS) is 22.7. The van der Waals surface area contributed by atoms with E-state index in [1.165, 1.54) is 19.1 Å². The zero-order valence-electron chi connectivity index (χ0n) is 59.1. The second-order valence-corrected chi connectivity index (χ2v) is 26.8. The molecule has 108 heavy (non-hydrogen) atoms. The Morgan fingerprint density at radius 3 is 1.89 bits per heavy atom. The fraction of sp³-hybridized carbons (Fsp3) is 0.457. The molecule has 1 aliphatic carbocycles. The summed E-state index contributed by atoms with van der Waals surface area (Å²) in [7, 11) is 0. The Morgan fingerprint density at radius 2 is 1.26 bits per heavy atom. The molecule has 0 bridgehead atoms. The van der Waals surface area contributed by atoms with Gasteiger partial charge in [-0.05, 0) is 98.1 Å². The summed E-state index contributed by atoms with van der Waals surface area (Å²) in [6, 6.07) is 7.93. The fourth-order valence-corrected chi connectivity index (χ4v) is 13.1. The number of amides is 12. The van der Waals surface area contributed by atoms with Crippen molar-refractivity contribution in [2.45, 2.75) is 144 Å². The number of nitrogens with two attached hydrogens (primary N) is 3. The van der Waals surface area contributed by atoms with E-state index in [-0.39, 0.29) is 82.9 Å². The first-order valence-electron chi connectivity index (χ1n) is 34.9. The summed E-state index contributed by atoms with van der Waals surface area (Å²) in [6.45, 7) is -0.809. The smallest absolute Gasteiger partial charge is 0.407 e. The SMILES string of the molecule is C[C@@H]1NC(=O)[C@H](CS)NC(=O)[C@H](CCCNC(=N)N)CC(=O)C2CCCN2C(=O)[C@H](CC(=O)O)NC(=O)[C@H](CO)NC(=O)[C@@H](NC(=O)[C@H](CS)NC(=O)CNC(=O)OCC2c3ccccc3-c3ccccc32)CC=CC[C@@H](C(N)=O)NC(=O)[C@H](CCCNC(=N)N)NC(=O)[C@H](Cc2cc3ccccc3[nH]2)NC1=O. The number of Topliss-reactive ketones (excluding diaryl/α,β-unsaturated/α-hetero) is 1. The lowest BCUT2D eigenvalue weighted by molar-refractivity contribution is -0.146. The number of ether oxygens (including phenoxy) is 1. The van der Waals surface area contributed by atoms with E-state index in [9.17, 15) is 77.3 Å². The van der Waals surface area contributed by atoms with Gasteiger partial charge in [-0.2, -0.15) is 25.3 Å². The molecule has 2 aliphatic heterocycles. The highest BCUT2D eigenvalue weighted by atomic mass is 32.1. The number of carboxylic acids is 1. The van der Waals surface area contributed by atoms with Gasteiger partial charge in [0.25, 0.3) is 0 Å². The Morgan fingerprint density at radius 1 is 0.676 bits per heavy atom. The summed E-state index contributed by atoms with van der Waals surface area (Å²) in [5, 5.41) is 66.5. The molecule has 1 unspecified atom stereocenters. The number of aromatic amines is 1. The lowest BCUT2D eigenvalue weighted by Crippen LogP contribution is -2.60. The molecular formula is C70H93N19O17S2. The van der Waals surface area contributed by atoms with Crippen LogP contribution in [0.2, 0.25) is 0 Å². The molecular weight excluding hydrogens is 1440 g/mol. The molecule has 1 saturated heterocycles. The van der Waals surface area contributed by atoms with Gasteiger partial charge in [0.1, 0.15) is 67.5 Å². The summed E-state index contributed by atoms with van der Waals surface area (Å²) in [6.07, 6.45) is -1.24. The molecule has 38 heteroatoms. The predicted octanol–water partition coefficient (Wildman–Crippen LogP) is -3.11. The van der Waals surface area contributed by atoms with Crippen LogP contribution < -0.4 is 81.0 Å². The number of hydrogen-bond donors (Lipinski definition) is 22. The van der Waals surface area contributed by atoms with Crippen molar-refractivity contribution in [1.82, 2.24) is 73.7 Å². The number of aromatic nitrogens is 1. The number of para-hydroxylation sites is 1. The van der Waals surface area contributed by atoms with E-state index in [4.69, 9.17) is 32.8 Å². The highest BCUT2D eigenvalue weighted by Gasteiger charge is 2.42. The highest BCUT2D eigenvalue weighted by molar-refractivity contribution is 7.80. The molecule has 1 fully saturated rings. The van der Waals surface area contributed by atoms with Gasteiger partial charge in [-0.3, -0.25) is 73.1 Å². The monoisotopic (exact) mass is 1540 g/mol. The number of carbonyl (C=O) groups excluding carboxylic acids is 13. The number of fused-ring (bicyclic) bond motifs is 5. The van der Waals surface area contributed by atoms with Gasteiger partial charge < -0.3 is 106 Å². The molecule has 0 radical (unpaired) electrons. The van der Waals surface area contributed by atoms with Gasteiger partial charge in [0.05, 0.1) is 19.1 Å². The molecule has 12 amide bonds. The van der Waals surface area contributed by atoms with Crippen molar-refractivity contribution < 1.29 is 82.1 Å². The lowest BCUT2D eigenvalue weighted by Gasteiger charge is -2.30. The Labute approximate surface area is 631 Å². The van der Waals surface area contributed by atoms with Crippen molar-refractivity contribution in [2.75, 3.05) is 50.9 Å². The Balaban J connectivity index is 1.18. The molecule has 1 aromatic heterocycles. The number of nitrogens with one attached hydrogen (secondary N) is 15. The van der Waals surface area contributed by atoms with Crippen LogP contribution >= 0.6 is 25.3 Å². The second-order valence-electron chi connectivity index (χ2n) is 26.1. The summed E-state index contributed by atoms with van der Waals surface area (Å²) in [5.74, 6) is -16.8. The van der Waals surface area contributed by atoms with Crippen molar-refractivity contribution in [3.05, 3.63) is 108 Å². The van der Waals surface area contributed by atoms with E-state index in [1.807, 2.05) is 48.5 Å². The molecule has 582 valence electrons. The molecule has 36 nitrogen and oxygen atoms in total. The number of guanidine groups is 2. The maximum atomic E-state index is 14.7. The molecule has 23 N–H and O–H groups in total.